The molecule has 0 saturated heterocycles. The van der Waals surface area contributed by atoms with Crippen LogP contribution in [-0.4, -0.2) is 0 Å². The van der Waals surface area contributed by atoms with E-state index in [0.29, 0.717) is 5.92 Å². The molecule has 1 atom stereocenters. The Hall–Kier alpha value is -7.16. The second kappa shape index (κ2) is 14.8. The summed E-state index contributed by atoms with van der Waals surface area (Å²) in [6.07, 6.45) is 6.45. The fourth-order valence-corrected chi connectivity index (χ4v) is 11.2. The van der Waals surface area contributed by atoms with Gasteiger partial charge in [0.1, 0.15) is 11.2 Å². The Kier molecular flexibility index (Phi) is 8.74. The van der Waals surface area contributed by atoms with Gasteiger partial charge in [-0.15, -0.1) is 0 Å². The minimum absolute atomic E-state index is 0.256. The van der Waals surface area contributed by atoms with Gasteiger partial charge in [-0.2, -0.15) is 0 Å². The van der Waals surface area contributed by atoms with Gasteiger partial charge in [0.15, 0.2) is 0 Å². The number of benzene rings is 9. The predicted octanol–water partition coefficient (Wildman–Crippen LogP) is 16.9. The van der Waals surface area contributed by atoms with Gasteiger partial charge in [-0.3, -0.25) is 0 Å². The van der Waals surface area contributed by atoms with Crippen molar-refractivity contribution >= 4 is 49.8 Å². The summed E-state index contributed by atoms with van der Waals surface area (Å²) in [7, 11) is 0. The highest BCUT2D eigenvalue weighted by Crippen LogP contribution is 2.55. The highest BCUT2D eigenvalue weighted by Gasteiger charge is 2.41. The molecule has 1 aromatic heterocycles. The van der Waals surface area contributed by atoms with Crippen LogP contribution in [0.3, 0.4) is 0 Å². The van der Waals surface area contributed by atoms with Crippen molar-refractivity contribution < 1.29 is 4.42 Å². The molecular formula is C60H47NO. The fourth-order valence-electron chi connectivity index (χ4n) is 11.2. The number of hydrogen-bond donors (Lipinski definition) is 0. The zero-order valence-corrected chi connectivity index (χ0v) is 35.0. The van der Waals surface area contributed by atoms with Crippen molar-refractivity contribution in [1.29, 1.82) is 0 Å². The zero-order chi connectivity index (χ0) is 41.2. The Morgan fingerprint density at radius 2 is 1.10 bits per heavy atom. The smallest absolute Gasteiger partial charge is 0.137 e. The molecular weight excluding hydrogens is 751 g/mol. The first-order chi connectivity index (χ1) is 30.7. The average molecular weight is 798 g/mol. The topological polar surface area (TPSA) is 16.4 Å². The maximum absolute atomic E-state index is 6.54. The Balaban J connectivity index is 1.06. The van der Waals surface area contributed by atoms with E-state index in [0.717, 1.165) is 39.0 Å². The van der Waals surface area contributed by atoms with E-state index in [1.54, 1.807) is 0 Å². The molecule has 0 amide bonds. The molecule has 1 fully saturated rings. The van der Waals surface area contributed by atoms with E-state index >= 15 is 0 Å². The molecule has 298 valence electrons. The minimum atomic E-state index is -0.256. The van der Waals surface area contributed by atoms with Gasteiger partial charge in [-0.25, -0.2) is 0 Å². The summed E-state index contributed by atoms with van der Waals surface area (Å²) >= 11 is 0. The standard InChI is InChI=1S/C60H47NO/c1-60(43-22-6-3-7-23-43)51-30-11-8-25-49(51)58-46(28-16-31-52(58)60)41-36-38-44(39-37-41)61(54-33-17-35-56-59(54)50-26-10-13-34-55(50)62-56)53-32-12-9-24-47(53)48-29-15-21-42-20-14-27-45(57(42)48)40-18-4-2-5-19-40/h3,6-17,20-40H,2,4-5,18-19H2,1H3. The summed E-state index contributed by atoms with van der Waals surface area (Å²) in [5, 5.41) is 4.92. The van der Waals surface area contributed by atoms with Gasteiger partial charge in [0.05, 0.1) is 16.8 Å². The molecule has 0 spiro atoms. The van der Waals surface area contributed by atoms with Crippen LogP contribution in [0.15, 0.2) is 205 Å². The number of para-hydroxylation sites is 2. The Morgan fingerprint density at radius 3 is 1.95 bits per heavy atom. The van der Waals surface area contributed by atoms with Gasteiger partial charge in [0.25, 0.3) is 0 Å². The Labute approximate surface area is 363 Å². The first-order valence-corrected chi connectivity index (χ1v) is 22.4. The normalized spacial score (nSPS) is 16.1. The highest BCUT2D eigenvalue weighted by atomic mass is 16.3. The number of nitrogens with zero attached hydrogens (tertiary/aromatic N) is 1. The predicted molar refractivity (Wildman–Crippen MR) is 260 cm³/mol. The van der Waals surface area contributed by atoms with Gasteiger partial charge in [-0.1, -0.05) is 183 Å². The molecule has 12 rings (SSSR count). The molecule has 0 N–H and O–H groups in total. The van der Waals surface area contributed by atoms with Gasteiger partial charge in [-0.05, 0) is 123 Å². The number of rotatable bonds is 7. The second-order valence-corrected chi connectivity index (χ2v) is 17.5. The van der Waals surface area contributed by atoms with E-state index in [1.165, 1.54) is 98.5 Å². The second-order valence-electron chi connectivity index (χ2n) is 17.5. The highest BCUT2D eigenvalue weighted by molar-refractivity contribution is 6.14. The molecule has 0 radical (unpaired) electrons. The third-order valence-corrected chi connectivity index (χ3v) is 14.2. The monoisotopic (exact) mass is 797 g/mol. The maximum Gasteiger partial charge on any atom is 0.137 e. The lowest BCUT2D eigenvalue weighted by molar-refractivity contribution is 0.445. The van der Waals surface area contributed by atoms with Crippen molar-refractivity contribution in [2.45, 2.75) is 50.4 Å². The summed E-state index contributed by atoms with van der Waals surface area (Å²) in [6.45, 7) is 2.39. The van der Waals surface area contributed by atoms with E-state index in [-0.39, 0.29) is 5.41 Å². The minimum Gasteiger partial charge on any atom is -0.456 e. The number of hydrogen-bond acceptors (Lipinski definition) is 2. The summed E-state index contributed by atoms with van der Waals surface area (Å²) in [5.41, 5.74) is 17.9. The van der Waals surface area contributed by atoms with Crippen LogP contribution in [0.4, 0.5) is 17.1 Å². The van der Waals surface area contributed by atoms with Crippen LogP contribution < -0.4 is 4.90 Å². The zero-order valence-electron chi connectivity index (χ0n) is 35.0. The molecule has 2 heteroatoms. The van der Waals surface area contributed by atoms with E-state index < -0.39 is 0 Å². The molecule has 0 bridgehead atoms. The van der Waals surface area contributed by atoms with Crippen molar-refractivity contribution in [3.05, 3.63) is 222 Å². The summed E-state index contributed by atoms with van der Waals surface area (Å²) in [6, 6.07) is 74.0. The molecule has 62 heavy (non-hydrogen) atoms. The van der Waals surface area contributed by atoms with Crippen molar-refractivity contribution in [2.24, 2.45) is 0 Å². The van der Waals surface area contributed by atoms with Crippen LogP contribution in [-0.2, 0) is 5.41 Å². The summed E-state index contributed by atoms with van der Waals surface area (Å²) < 4.78 is 6.54. The van der Waals surface area contributed by atoms with Gasteiger partial charge < -0.3 is 9.32 Å². The number of anilines is 3. The van der Waals surface area contributed by atoms with Crippen molar-refractivity contribution in [2.75, 3.05) is 4.90 Å². The largest absolute Gasteiger partial charge is 0.456 e. The SMILES string of the molecule is CC1(c2ccccc2)c2ccccc2-c2c(-c3ccc(N(c4ccccc4-c4cccc5cccc(C6CCCCC6)c45)c4cccc5oc6ccccc6c45)cc3)cccc21. The Bertz CT molecular complexity index is 3290. The lowest BCUT2D eigenvalue weighted by Gasteiger charge is -2.30. The molecule has 1 saturated carbocycles. The maximum atomic E-state index is 6.54. The lowest BCUT2D eigenvalue weighted by atomic mass is 9.74. The number of fused-ring (bicyclic) bond motifs is 7. The van der Waals surface area contributed by atoms with Crippen molar-refractivity contribution in [3.8, 4) is 33.4 Å². The van der Waals surface area contributed by atoms with Crippen LogP contribution in [0, 0.1) is 0 Å². The van der Waals surface area contributed by atoms with Crippen molar-refractivity contribution in [3.63, 3.8) is 0 Å². The van der Waals surface area contributed by atoms with E-state index in [4.69, 9.17) is 4.42 Å². The van der Waals surface area contributed by atoms with Crippen LogP contribution in [0.1, 0.15) is 67.2 Å². The van der Waals surface area contributed by atoms with Crippen LogP contribution in [0.2, 0.25) is 0 Å². The fraction of sp³-hybridized carbons (Fsp3) is 0.133. The van der Waals surface area contributed by atoms with Gasteiger partial charge in [0.2, 0.25) is 0 Å². The number of furan rings is 1. The molecule has 2 aliphatic rings. The molecule has 2 aliphatic carbocycles. The van der Waals surface area contributed by atoms with Gasteiger partial charge >= 0.3 is 0 Å². The Morgan fingerprint density at radius 1 is 0.468 bits per heavy atom. The lowest BCUT2D eigenvalue weighted by Crippen LogP contribution is -2.22. The van der Waals surface area contributed by atoms with Crippen LogP contribution in [0.5, 0.6) is 0 Å². The quantitative estimate of drug-likeness (QED) is 0.160. The summed E-state index contributed by atoms with van der Waals surface area (Å²) in [5.74, 6) is 0.576. The molecule has 0 aliphatic heterocycles. The van der Waals surface area contributed by atoms with Crippen LogP contribution >= 0.6 is 0 Å². The first kappa shape index (κ1) is 36.7. The third-order valence-electron chi connectivity index (χ3n) is 14.2. The first-order valence-electron chi connectivity index (χ1n) is 22.4. The molecule has 10 aromatic rings. The molecule has 1 heterocycles. The average Bonchev–Trinajstić information content (AvgIpc) is 3.86. The van der Waals surface area contributed by atoms with E-state index in [9.17, 15) is 0 Å². The van der Waals surface area contributed by atoms with Crippen LogP contribution in [0.25, 0.3) is 66.1 Å². The summed E-state index contributed by atoms with van der Waals surface area (Å²) in [4.78, 5) is 2.47. The molecule has 2 nitrogen and oxygen atoms in total. The molecule has 1 unspecified atom stereocenters. The van der Waals surface area contributed by atoms with E-state index in [2.05, 4.69) is 212 Å². The van der Waals surface area contributed by atoms with Crippen molar-refractivity contribution in [1.82, 2.24) is 0 Å². The van der Waals surface area contributed by atoms with E-state index in [1.807, 2.05) is 0 Å². The molecule has 9 aromatic carbocycles. The van der Waals surface area contributed by atoms with Gasteiger partial charge in [0, 0.05) is 22.1 Å². The third kappa shape index (κ3) is 5.70.